The number of hydrogen-bond acceptors (Lipinski definition) is 2. The van der Waals surface area contributed by atoms with Crippen LogP contribution in [-0.4, -0.2) is 23.2 Å². The van der Waals surface area contributed by atoms with Crippen LogP contribution < -0.4 is 5.32 Å². The van der Waals surface area contributed by atoms with Crippen LogP contribution in [0.3, 0.4) is 0 Å². The summed E-state index contributed by atoms with van der Waals surface area (Å²) in [4.78, 5) is 11.4. The van der Waals surface area contributed by atoms with E-state index in [0.717, 1.165) is 38.1 Å². The summed E-state index contributed by atoms with van der Waals surface area (Å²) >= 11 is 0. The number of carbonyl (C=O) groups is 1. The second kappa shape index (κ2) is 5.50. The van der Waals surface area contributed by atoms with Crippen LogP contribution in [0.2, 0.25) is 0 Å². The Morgan fingerprint density at radius 3 is 2.67 bits per heavy atom. The Balaban J connectivity index is 2.68. The number of aliphatic carboxylic acids is 1. The average Bonchev–Trinajstić information content (AvgIpc) is 2.42. The molecular formula is C12H23NO2. The molecule has 0 aromatic carbocycles. The van der Waals surface area contributed by atoms with E-state index in [1.165, 1.54) is 12.8 Å². The average molecular weight is 213 g/mol. The topological polar surface area (TPSA) is 49.3 Å². The molecule has 1 fully saturated rings. The van der Waals surface area contributed by atoms with Crippen LogP contribution in [0.5, 0.6) is 0 Å². The maximum Gasteiger partial charge on any atom is 0.323 e. The van der Waals surface area contributed by atoms with Crippen LogP contribution in [0.15, 0.2) is 0 Å². The molecule has 1 aliphatic carbocycles. The van der Waals surface area contributed by atoms with E-state index in [-0.39, 0.29) is 0 Å². The predicted octanol–water partition coefficient (Wildman–Crippen LogP) is 2.41. The SMILES string of the molecule is CCNC1(C(=O)O)CCCC(CC)CC1. The lowest BCUT2D eigenvalue weighted by atomic mass is 9.89. The molecule has 1 rings (SSSR count). The molecule has 0 amide bonds. The van der Waals surface area contributed by atoms with Gasteiger partial charge in [-0.2, -0.15) is 0 Å². The standard InChI is InChI=1S/C12H23NO2/c1-3-10-6-5-8-12(9-7-10,11(14)15)13-4-2/h10,13H,3-9H2,1-2H3,(H,14,15). The third-order valence-corrected chi connectivity index (χ3v) is 3.70. The summed E-state index contributed by atoms with van der Waals surface area (Å²) in [6.45, 7) is 4.92. The van der Waals surface area contributed by atoms with Gasteiger partial charge in [0.1, 0.15) is 5.54 Å². The minimum absolute atomic E-state index is 0.640. The highest BCUT2D eigenvalue weighted by Crippen LogP contribution is 2.32. The van der Waals surface area contributed by atoms with Crippen molar-refractivity contribution in [1.82, 2.24) is 5.32 Å². The summed E-state index contributed by atoms with van der Waals surface area (Å²) in [5.74, 6) is 0.0611. The van der Waals surface area contributed by atoms with Crippen LogP contribution in [0.4, 0.5) is 0 Å². The molecule has 0 aliphatic heterocycles. The Bertz CT molecular complexity index is 218. The van der Waals surface area contributed by atoms with Gasteiger partial charge in [-0.3, -0.25) is 4.79 Å². The number of likely N-dealkylation sites (N-methyl/N-ethyl adjacent to an activating group) is 1. The first-order chi connectivity index (χ1) is 7.14. The molecule has 1 aliphatic rings. The highest BCUT2D eigenvalue weighted by Gasteiger charge is 2.38. The Labute approximate surface area is 92.3 Å². The minimum atomic E-state index is -0.666. The van der Waals surface area contributed by atoms with Gasteiger partial charge >= 0.3 is 5.97 Å². The second-order valence-corrected chi connectivity index (χ2v) is 4.62. The zero-order valence-corrected chi connectivity index (χ0v) is 9.88. The highest BCUT2D eigenvalue weighted by atomic mass is 16.4. The van der Waals surface area contributed by atoms with Gasteiger partial charge in [0.2, 0.25) is 0 Å². The van der Waals surface area contributed by atoms with Crippen LogP contribution >= 0.6 is 0 Å². The van der Waals surface area contributed by atoms with Gasteiger partial charge in [-0.05, 0) is 31.7 Å². The van der Waals surface area contributed by atoms with Gasteiger partial charge in [-0.15, -0.1) is 0 Å². The normalized spacial score (nSPS) is 32.3. The van der Waals surface area contributed by atoms with E-state index in [9.17, 15) is 9.90 Å². The zero-order chi connectivity index (χ0) is 11.3. The van der Waals surface area contributed by atoms with Gasteiger partial charge in [0.15, 0.2) is 0 Å². The van der Waals surface area contributed by atoms with Gasteiger partial charge in [-0.1, -0.05) is 33.1 Å². The molecule has 0 spiro atoms. The van der Waals surface area contributed by atoms with E-state index in [1.54, 1.807) is 0 Å². The van der Waals surface area contributed by atoms with Crippen LogP contribution in [0.25, 0.3) is 0 Å². The van der Waals surface area contributed by atoms with E-state index in [2.05, 4.69) is 12.2 Å². The summed E-state index contributed by atoms with van der Waals surface area (Å²) < 4.78 is 0. The molecule has 3 heteroatoms. The molecular weight excluding hydrogens is 190 g/mol. The number of rotatable bonds is 4. The maximum absolute atomic E-state index is 11.4. The molecule has 88 valence electrons. The molecule has 0 aromatic rings. The number of carboxylic acids is 1. The van der Waals surface area contributed by atoms with E-state index < -0.39 is 11.5 Å². The van der Waals surface area contributed by atoms with Gasteiger partial charge in [0.25, 0.3) is 0 Å². The first-order valence-electron chi connectivity index (χ1n) is 6.13. The van der Waals surface area contributed by atoms with Crippen molar-refractivity contribution in [3.05, 3.63) is 0 Å². The number of hydrogen-bond donors (Lipinski definition) is 2. The third kappa shape index (κ3) is 2.94. The van der Waals surface area contributed by atoms with E-state index in [0.29, 0.717) is 0 Å². The monoisotopic (exact) mass is 213 g/mol. The van der Waals surface area contributed by atoms with Crippen molar-refractivity contribution in [2.45, 2.75) is 57.9 Å². The van der Waals surface area contributed by atoms with Crippen molar-refractivity contribution >= 4 is 5.97 Å². The van der Waals surface area contributed by atoms with E-state index in [4.69, 9.17) is 0 Å². The summed E-state index contributed by atoms with van der Waals surface area (Å²) in [7, 11) is 0. The number of nitrogens with one attached hydrogen (secondary N) is 1. The largest absolute Gasteiger partial charge is 0.480 e. The molecule has 3 nitrogen and oxygen atoms in total. The molecule has 1 saturated carbocycles. The molecule has 15 heavy (non-hydrogen) atoms. The molecule has 2 N–H and O–H groups in total. The number of carboxylic acid groups (broad SMARTS) is 1. The van der Waals surface area contributed by atoms with E-state index >= 15 is 0 Å². The highest BCUT2D eigenvalue weighted by molar-refractivity contribution is 5.78. The fourth-order valence-electron chi connectivity index (χ4n) is 2.63. The van der Waals surface area contributed by atoms with Crippen LogP contribution in [0.1, 0.15) is 52.4 Å². The van der Waals surface area contributed by atoms with Crippen molar-refractivity contribution in [1.29, 1.82) is 0 Å². The van der Waals surface area contributed by atoms with Crippen molar-refractivity contribution in [3.8, 4) is 0 Å². The second-order valence-electron chi connectivity index (χ2n) is 4.62. The Morgan fingerprint density at radius 1 is 1.40 bits per heavy atom. The molecule has 0 heterocycles. The Kier molecular flexibility index (Phi) is 4.58. The van der Waals surface area contributed by atoms with Crippen molar-refractivity contribution in [2.24, 2.45) is 5.92 Å². The first kappa shape index (κ1) is 12.5. The lowest BCUT2D eigenvalue weighted by molar-refractivity contribution is -0.145. The van der Waals surface area contributed by atoms with Gasteiger partial charge in [0.05, 0.1) is 0 Å². The third-order valence-electron chi connectivity index (χ3n) is 3.70. The minimum Gasteiger partial charge on any atom is -0.480 e. The van der Waals surface area contributed by atoms with E-state index in [1.807, 2.05) is 6.92 Å². The van der Waals surface area contributed by atoms with Crippen LogP contribution in [-0.2, 0) is 4.79 Å². The summed E-state index contributed by atoms with van der Waals surface area (Å²) in [6, 6.07) is 0. The lowest BCUT2D eigenvalue weighted by Gasteiger charge is -2.29. The molecule has 0 radical (unpaired) electrons. The molecule has 0 aromatic heterocycles. The Hall–Kier alpha value is -0.570. The molecule has 2 atom stereocenters. The fourth-order valence-corrected chi connectivity index (χ4v) is 2.63. The summed E-state index contributed by atoms with van der Waals surface area (Å²) in [5.41, 5.74) is -0.640. The smallest absolute Gasteiger partial charge is 0.323 e. The quantitative estimate of drug-likeness (QED) is 0.705. The molecule has 2 unspecified atom stereocenters. The predicted molar refractivity (Wildman–Crippen MR) is 60.9 cm³/mol. The fraction of sp³-hybridized carbons (Fsp3) is 0.917. The lowest BCUT2D eigenvalue weighted by Crippen LogP contribution is -2.51. The van der Waals surface area contributed by atoms with Crippen molar-refractivity contribution in [3.63, 3.8) is 0 Å². The zero-order valence-electron chi connectivity index (χ0n) is 9.88. The van der Waals surface area contributed by atoms with Crippen molar-refractivity contribution < 1.29 is 9.90 Å². The van der Waals surface area contributed by atoms with Crippen LogP contribution in [0, 0.1) is 5.92 Å². The van der Waals surface area contributed by atoms with Gasteiger partial charge < -0.3 is 10.4 Å². The van der Waals surface area contributed by atoms with Gasteiger partial charge in [-0.25, -0.2) is 0 Å². The van der Waals surface area contributed by atoms with Crippen molar-refractivity contribution in [2.75, 3.05) is 6.54 Å². The first-order valence-corrected chi connectivity index (χ1v) is 6.13. The molecule has 0 bridgehead atoms. The summed E-state index contributed by atoms with van der Waals surface area (Å²) in [5, 5.41) is 12.5. The summed E-state index contributed by atoms with van der Waals surface area (Å²) in [6.07, 6.45) is 6.04. The maximum atomic E-state index is 11.4. The van der Waals surface area contributed by atoms with Gasteiger partial charge in [0, 0.05) is 0 Å². The molecule has 0 saturated heterocycles. The Morgan fingerprint density at radius 2 is 2.13 bits per heavy atom.